The first-order valence-electron chi connectivity index (χ1n) is 7.08. The lowest BCUT2D eigenvalue weighted by atomic mass is 10.1. The number of amides is 2. The maximum atomic E-state index is 12.1. The first-order chi connectivity index (χ1) is 10.2. The fourth-order valence-electron chi connectivity index (χ4n) is 2.42. The number of aryl methyl sites for hydroxylation is 1. The summed E-state index contributed by atoms with van der Waals surface area (Å²) in [5.41, 5.74) is 2.00. The van der Waals surface area contributed by atoms with Crippen LogP contribution in [0.5, 0.6) is 0 Å². The highest BCUT2D eigenvalue weighted by Crippen LogP contribution is 2.31. The molecule has 1 aromatic rings. The van der Waals surface area contributed by atoms with Crippen LogP contribution < -0.4 is 5.32 Å². The number of anilines is 1. The molecule has 21 heavy (non-hydrogen) atoms. The SMILES string of the molecule is CCc1ccc(NC(=O)CC2SC3=NCCN3C2=O)cc1. The third-order valence-electron chi connectivity index (χ3n) is 3.61. The molecule has 2 aliphatic heterocycles. The molecule has 2 heterocycles. The van der Waals surface area contributed by atoms with Gasteiger partial charge in [0, 0.05) is 18.7 Å². The van der Waals surface area contributed by atoms with E-state index in [9.17, 15) is 9.59 Å². The molecule has 1 unspecified atom stereocenters. The Morgan fingerprint density at radius 2 is 2.19 bits per heavy atom. The Labute approximate surface area is 127 Å². The van der Waals surface area contributed by atoms with E-state index in [-0.39, 0.29) is 23.5 Å². The van der Waals surface area contributed by atoms with Gasteiger partial charge >= 0.3 is 0 Å². The minimum atomic E-state index is -0.334. The van der Waals surface area contributed by atoms with E-state index in [1.165, 1.54) is 17.3 Å². The molecule has 110 valence electrons. The Morgan fingerprint density at radius 3 is 2.86 bits per heavy atom. The Hall–Kier alpha value is -1.82. The summed E-state index contributed by atoms with van der Waals surface area (Å²) in [4.78, 5) is 30.1. The summed E-state index contributed by atoms with van der Waals surface area (Å²) in [5.74, 6) is -0.125. The average molecular weight is 303 g/mol. The van der Waals surface area contributed by atoms with Crippen molar-refractivity contribution >= 4 is 34.4 Å². The summed E-state index contributed by atoms with van der Waals surface area (Å²) in [5, 5.41) is 3.28. The van der Waals surface area contributed by atoms with E-state index in [4.69, 9.17) is 0 Å². The second-order valence-corrected chi connectivity index (χ2v) is 6.23. The molecule has 0 saturated carbocycles. The molecule has 5 nitrogen and oxygen atoms in total. The first kappa shape index (κ1) is 14.1. The van der Waals surface area contributed by atoms with E-state index in [0.717, 1.165) is 17.3 Å². The van der Waals surface area contributed by atoms with Crippen LogP contribution in [0, 0.1) is 0 Å². The van der Waals surface area contributed by atoms with Crippen LogP contribution in [-0.4, -0.2) is 40.2 Å². The minimum Gasteiger partial charge on any atom is -0.326 e. The summed E-state index contributed by atoms with van der Waals surface area (Å²) < 4.78 is 0. The molecule has 0 aliphatic carbocycles. The topological polar surface area (TPSA) is 61.8 Å². The fraction of sp³-hybridized carbons (Fsp3) is 0.400. The molecule has 1 saturated heterocycles. The van der Waals surface area contributed by atoms with Gasteiger partial charge in [-0.15, -0.1) is 0 Å². The number of aliphatic imine (C=N–C) groups is 1. The number of nitrogens with zero attached hydrogens (tertiary/aromatic N) is 2. The van der Waals surface area contributed by atoms with Crippen LogP contribution in [0.15, 0.2) is 29.3 Å². The fourth-order valence-corrected chi connectivity index (χ4v) is 3.61. The van der Waals surface area contributed by atoms with Crippen molar-refractivity contribution in [1.29, 1.82) is 0 Å². The standard InChI is InChI=1S/C15H17N3O2S/c1-2-10-3-5-11(6-4-10)17-13(19)9-12-14(20)18-8-7-16-15(18)21-12/h3-6,12H,2,7-9H2,1H3,(H,17,19). The Kier molecular flexibility index (Phi) is 3.96. The monoisotopic (exact) mass is 303 g/mol. The largest absolute Gasteiger partial charge is 0.326 e. The highest BCUT2D eigenvalue weighted by Gasteiger charge is 2.40. The molecular formula is C15H17N3O2S. The van der Waals surface area contributed by atoms with Crippen molar-refractivity contribution in [2.75, 3.05) is 18.4 Å². The zero-order valence-corrected chi connectivity index (χ0v) is 12.7. The molecule has 2 aliphatic rings. The van der Waals surface area contributed by atoms with Gasteiger partial charge in [0.05, 0.1) is 6.54 Å². The van der Waals surface area contributed by atoms with E-state index in [1.807, 2.05) is 24.3 Å². The summed E-state index contributed by atoms with van der Waals surface area (Å²) in [6.45, 7) is 3.42. The molecule has 0 bridgehead atoms. The van der Waals surface area contributed by atoms with E-state index in [2.05, 4.69) is 17.2 Å². The van der Waals surface area contributed by atoms with Gasteiger partial charge in [0.2, 0.25) is 11.8 Å². The average Bonchev–Trinajstić information content (AvgIpc) is 3.04. The number of rotatable bonds is 4. The second-order valence-electron chi connectivity index (χ2n) is 5.06. The van der Waals surface area contributed by atoms with Gasteiger partial charge in [0.15, 0.2) is 5.17 Å². The molecule has 1 fully saturated rings. The number of thioether (sulfide) groups is 1. The number of hydrogen-bond donors (Lipinski definition) is 1. The maximum Gasteiger partial charge on any atom is 0.242 e. The number of fused-ring (bicyclic) bond motifs is 1. The molecule has 1 N–H and O–H groups in total. The van der Waals surface area contributed by atoms with Gasteiger partial charge in [0.1, 0.15) is 5.25 Å². The van der Waals surface area contributed by atoms with Crippen molar-refractivity contribution in [2.45, 2.75) is 25.0 Å². The molecule has 1 aromatic carbocycles. The van der Waals surface area contributed by atoms with Gasteiger partial charge in [-0.2, -0.15) is 0 Å². The lowest BCUT2D eigenvalue weighted by Gasteiger charge is -2.10. The summed E-state index contributed by atoms with van der Waals surface area (Å²) >= 11 is 1.40. The van der Waals surface area contributed by atoms with Crippen LogP contribution in [0.25, 0.3) is 0 Å². The van der Waals surface area contributed by atoms with Gasteiger partial charge in [0.25, 0.3) is 0 Å². The smallest absolute Gasteiger partial charge is 0.242 e. The number of nitrogens with one attached hydrogen (secondary N) is 1. The van der Waals surface area contributed by atoms with Crippen LogP contribution in [0.2, 0.25) is 0 Å². The van der Waals surface area contributed by atoms with Crippen molar-refractivity contribution < 1.29 is 9.59 Å². The summed E-state index contributed by atoms with van der Waals surface area (Å²) in [6, 6.07) is 7.77. The minimum absolute atomic E-state index is 0.00716. The highest BCUT2D eigenvalue weighted by atomic mass is 32.2. The Morgan fingerprint density at radius 1 is 1.43 bits per heavy atom. The van der Waals surface area contributed by atoms with Gasteiger partial charge < -0.3 is 5.32 Å². The Balaban J connectivity index is 1.58. The van der Waals surface area contributed by atoms with E-state index in [0.29, 0.717) is 13.1 Å². The van der Waals surface area contributed by atoms with Gasteiger partial charge in [-0.05, 0) is 24.1 Å². The zero-order chi connectivity index (χ0) is 14.8. The number of carbonyl (C=O) groups is 2. The van der Waals surface area contributed by atoms with Crippen LogP contribution in [-0.2, 0) is 16.0 Å². The molecule has 0 aromatic heterocycles. The number of hydrogen-bond acceptors (Lipinski definition) is 4. The van der Waals surface area contributed by atoms with Crippen LogP contribution in [0.4, 0.5) is 5.69 Å². The lowest BCUT2D eigenvalue weighted by molar-refractivity contribution is -0.127. The predicted octanol–water partition coefficient (Wildman–Crippen LogP) is 1.89. The molecular weight excluding hydrogens is 286 g/mol. The van der Waals surface area contributed by atoms with Crippen molar-refractivity contribution in [3.63, 3.8) is 0 Å². The zero-order valence-electron chi connectivity index (χ0n) is 11.8. The third-order valence-corrected chi connectivity index (χ3v) is 4.82. The molecule has 2 amide bonds. The molecule has 3 rings (SSSR count). The number of benzene rings is 1. The normalized spacial score (nSPS) is 20.4. The van der Waals surface area contributed by atoms with Crippen molar-refractivity contribution in [3.05, 3.63) is 29.8 Å². The maximum absolute atomic E-state index is 12.1. The van der Waals surface area contributed by atoms with Crippen molar-refractivity contribution in [2.24, 2.45) is 4.99 Å². The quantitative estimate of drug-likeness (QED) is 0.924. The third kappa shape index (κ3) is 2.95. The van der Waals surface area contributed by atoms with Crippen LogP contribution in [0.1, 0.15) is 18.9 Å². The van der Waals surface area contributed by atoms with Gasteiger partial charge in [-0.25, -0.2) is 0 Å². The molecule has 1 atom stereocenters. The van der Waals surface area contributed by atoms with Crippen LogP contribution >= 0.6 is 11.8 Å². The Bertz CT molecular complexity index is 597. The molecule has 0 radical (unpaired) electrons. The van der Waals surface area contributed by atoms with E-state index in [1.54, 1.807) is 4.90 Å². The first-order valence-corrected chi connectivity index (χ1v) is 7.96. The lowest BCUT2D eigenvalue weighted by Crippen LogP contribution is -2.32. The van der Waals surface area contributed by atoms with Gasteiger partial charge in [-0.3, -0.25) is 19.5 Å². The molecule has 0 spiro atoms. The molecule has 6 heteroatoms. The second kappa shape index (κ2) is 5.89. The van der Waals surface area contributed by atoms with Crippen molar-refractivity contribution in [3.8, 4) is 0 Å². The van der Waals surface area contributed by atoms with Crippen molar-refractivity contribution in [1.82, 2.24) is 4.90 Å². The van der Waals surface area contributed by atoms with E-state index < -0.39 is 0 Å². The summed E-state index contributed by atoms with van der Waals surface area (Å²) in [6.07, 6.45) is 1.16. The summed E-state index contributed by atoms with van der Waals surface area (Å²) in [7, 11) is 0. The van der Waals surface area contributed by atoms with Gasteiger partial charge in [-0.1, -0.05) is 30.8 Å². The number of carbonyl (C=O) groups excluding carboxylic acids is 2. The number of amidine groups is 1. The predicted molar refractivity (Wildman–Crippen MR) is 84.5 cm³/mol. The van der Waals surface area contributed by atoms with E-state index >= 15 is 0 Å². The highest BCUT2D eigenvalue weighted by molar-refractivity contribution is 8.15. The van der Waals surface area contributed by atoms with Crippen LogP contribution in [0.3, 0.4) is 0 Å².